The molecular weight excluding hydrogens is 208 g/mol. The second-order valence-electron chi connectivity index (χ2n) is 6.87. The van der Waals surface area contributed by atoms with Gasteiger partial charge in [0.15, 0.2) is 0 Å². The molecule has 17 heavy (non-hydrogen) atoms. The number of hydrogen-bond acceptors (Lipinski definition) is 2. The van der Waals surface area contributed by atoms with Crippen molar-refractivity contribution in [3.05, 3.63) is 0 Å². The minimum atomic E-state index is 0.961. The van der Waals surface area contributed by atoms with Gasteiger partial charge in [-0.2, -0.15) is 0 Å². The molecule has 0 aliphatic carbocycles. The summed E-state index contributed by atoms with van der Waals surface area (Å²) in [6, 6.07) is 1.92. The van der Waals surface area contributed by atoms with Crippen LogP contribution in [0.3, 0.4) is 0 Å². The zero-order chi connectivity index (χ0) is 11.2. The second kappa shape index (κ2) is 4.24. The van der Waals surface area contributed by atoms with Crippen LogP contribution in [0.2, 0.25) is 0 Å². The van der Waals surface area contributed by atoms with Gasteiger partial charge in [-0.05, 0) is 57.0 Å². The third kappa shape index (κ3) is 1.76. The van der Waals surface area contributed by atoms with Crippen LogP contribution in [0, 0.1) is 11.8 Å². The van der Waals surface area contributed by atoms with Crippen molar-refractivity contribution in [2.45, 2.75) is 57.0 Å². The van der Waals surface area contributed by atoms with Gasteiger partial charge in [-0.15, -0.1) is 0 Å². The van der Waals surface area contributed by atoms with E-state index >= 15 is 0 Å². The summed E-state index contributed by atoms with van der Waals surface area (Å²) < 4.78 is 0. The van der Waals surface area contributed by atoms with Crippen LogP contribution in [0.1, 0.15) is 44.9 Å². The van der Waals surface area contributed by atoms with Crippen LogP contribution in [-0.2, 0) is 0 Å². The Labute approximate surface area is 105 Å². The highest BCUT2D eigenvalue weighted by Gasteiger charge is 2.46. The van der Waals surface area contributed by atoms with Gasteiger partial charge < -0.3 is 0 Å². The Bertz CT molecular complexity index is 263. The average Bonchev–Trinajstić information content (AvgIpc) is 2.39. The number of fused-ring (bicyclic) bond motifs is 6. The first-order chi connectivity index (χ1) is 8.42. The molecule has 4 saturated heterocycles. The largest absolute Gasteiger partial charge is 0.300 e. The van der Waals surface area contributed by atoms with Gasteiger partial charge in [0.25, 0.3) is 0 Å². The van der Waals surface area contributed by atoms with Crippen molar-refractivity contribution in [2.24, 2.45) is 11.8 Å². The maximum Gasteiger partial charge on any atom is 0.0136 e. The summed E-state index contributed by atoms with van der Waals surface area (Å²) in [5, 5.41) is 0. The van der Waals surface area contributed by atoms with Crippen LogP contribution in [-0.4, -0.2) is 48.1 Å². The molecule has 4 fully saturated rings. The fraction of sp³-hybridized carbons (Fsp3) is 1.00. The summed E-state index contributed by atoms with van der Waals surface area (Å²) in [5.74, 6) is 2.03. The van der Waals surface area contributed by atoms with E-state index in [0.717, 1.165) is 23.9 Å². The van der Waals surface area contributed by atoms with Crippen molar-refractivity contribution in [1.29, 1.82) is 0 Å². The van der Waals surface area contributed by atoms with Gasteiger partial charge in [0.1, 0.15) is 0 Å². The fourth-order valence-corrected chi connectivity index (χ4v) is 5.25. The monoisotopic (exact) mass is 234 g/mol. The third-order valence-corrected chi connectivity index (χ3v) is 5.96. The lowest BCUT2D eigenvalue weighted by molar-refractivity contribution is -0.0718. The molecule has 2 nitrogen and oxygen atoms in total. The lowest BCUT2D eigenvalue weighted by Crippen LogP contribution is -2.63. The molecule has 4 aliphatic heterocycles. The predicted octanol–water partition coefficient (Wildman–Crippen LogP) is 2.35. The maximum atomic E-state index is 2.87. The van der Waals surface area contributed by atoms with Crippen molar-refractivity contribution in [2.75, 3.05) is 26.2 Å². The third-order valence-electron chi connectivity index (χ3n) is 5.96. The first kappa shape index (κ1) is 10.8. The molecule has 4 aliphatic rings. The van der Waals surface area contributed by atoms with Crippen LogP contribution >= 0.6 is 0 Å². The van der Waals surface area contributed by atoms with Gasteiger partial charge in [-0.25, -0.2) is 0 Å². The second-order valence-corrected chi connectivity index (χ2v) is 6.87. The molecule has 0 aromatic heterocycles. The smallest absolute Gasteiger partial charge is 0.0136 e. The molecule has 0 aromatic rings. The molecule has 0 spiro atoms. The highest BCUT2D eigenvalue weighted by atomic mass is 15.3. The molecule has 96 valence electrons. The molecule has 0 amide bonds. The molecule has 0 radical (unpaired) electrons. The Kier molecular flexibility index (Phi) is 2.69. The molecule has 2 bridgehead atoms. The van der Waals surface area contributed by atoms with Crippen molar-refractivity contribution in [3.63, 3.8) is 0 Å². The number of rotatable bonds is 0. The van der Waals surface area contributed by atoms with E-state index in [1.54, 1.807) is 6.42 Å². The van der Waals surface area contributed by atoms with Crippen LogP contribution in [0.5, 0.6) is 0 Å². The van der Waals surface area contributed by atoms with Crippen LogP contribution < -0.4 is 0 Å². The van der Waals surface area contributed by atoms with E-state index in [1.165, 1.54) is 64.7 Å². The molecular formula is C15H26N2. The SMILES string of the molecule is C1CCN2C[C@@H]3C[C@H](CN4CCCC[C@H]34)[C@H]2C1. The van der Waals surface area contributed by atoms with Crippen molar-refractivity contribution >= 4 is 0 Å². The lowest BCUT2D eigenvalue weighted by atomic mass is 9.71. The summed E-state index contributed by atoms with van der Waals surface area (Å²) in [4.78, 5) is 5.74. The molecule has 0 unspecified atom stereocenters. The lowest BCUT2D eigenvalue weighted by Gasteiger charge is -2.57. The molecule has 0 saturated carbocycles. The molecule has 4 heterocycles. The Morgan fingerprint density at radius 1 is 0.647 bits per heavy atom. The summed E-state index contributed by atoms with van der Waals surface area (Å²) in [5.41, 5.74) is 0. The first-order valence-corrected chi connectivity index (χ1v) is 7.90. The van der Waals surface area contributed by atoms with Gasteiger partial charge in [0.2, 0.25) is 0 Å². The molecule has 2 heteroatoms. The van der Waals surface area contributed by atoms with E-state index in [2.05, 4.69) is 9.80 Å². The van der Waals surface area contributed by atoms with Crippen LogP contribution in [0.15, 0.2) is 0 Å². The van der Waals surface area contributed by atoms with E-state index in [0.29, 0.717) is 0 Å². The van der Waals surface area contributed by atoms with Gasteiger partial charge in [0.05, 0.1) is 0 Å². The Hall–Kier alpha value is -0.0800. The van der Waals surface area contributed by atoms with Crippen molar-refractivity contribution in [3.8, 4) is 0 Å². The number of hydrogen-bond donors (Lipinski definition) is 0. The van der Waals surface area contributed by atoms with Gasteiger partial charge in [0, 0.05) is 25.2 Å². The summed E-state index contributed by atoms with van der Waals surface area (Å²) in [6.45, 7) is 5.68. The van der Waals surface area contributed by atoms with Crippen LogP contribution in [0.25, 0.3) is 0 Å². The Balaban J connectivity index is 1.56. The number of nitrogens with zero attached hydrogens (tertiary/aromatic N) is 2. The van der Waals surface area contributed by atoms with Gasteiger partial charge in [-0.3, -0.25) is 9.80 Å². The standard InChI is InChI=1S/C15H26N2/c1-3-7-16-11-13-9-12(14(16)5-1)10-17-8-4-2-6-15(13)17/h12-15H,1-11H2/t12-,13+,14-,15-/m1/s1. The molecule has 4 rings (SSSR count). The maximum absolute atomic E-state index is 2.87. The first-order valence-electron chi connectivity index (χ1n) is 7.90. The van der Waals surface area contributed by atoms with Gasteiger partial charge in [-0.1, -0.05) is 12.8 Å². The van der Waals surface area contributed by atoms with Crippen molar-refractivity contribution in [1.82, 2.24) is 9.80 Å². The van der Waals surface area contributed by atoms with E-state index in [1.807, 2.05) is 0 Å². The fourth-order valence-electron chi connectivity index (χ4n) is 5.25. The minimum absolute atomic E-state index is 0.961. The Morgan fingerprint density at radius 2 is 1.18 bits per heavy atom. The normalized spacial score (nSPS) is 47.3. The van der Waals surface area contributed by atoms with Gasteiger partial charge >= 0.3 is 0 Å². The minimum Gasteiger partial charge on any atom is -0.300 e. The molecule has 4 atom stereocenters. The van der Waals surface area contributed by atoms with Crippen molar-refractivity contribution < 1.29 is 0 Å². The van der Waals surface area contributed by atoms with E-state index in [9.17, 15) is 0 Å². The number of piperidine rings is 4. The zero-order valence-electron chi connectivity index (χ0n) is 11.0. The zero-order valence-corrected chi connectivity index (χ0v) is 11.0. The topological polar surface area (TPSA) is 6.48 Å². The summed E-state index contributed by atoms with van der Waals surface area (Å²) in [6.07, 6.45) is 10.5. The summed E-state index contributed by atoms with van der Waals surface area (Å²) in [7, 11) is 0. The molecule has 0 N–H and O–H groups in total. The predicted molar refractivity (Wildman–Crippen MR) is 70.0 cm³/mol. The van der Waals surface area contributed by atoms with Crippen LogP contribution in [0.4, 0.5) is 0 Å². The molecule has 0 aromatic carbocycles. The Morgan fingerprint density at radius 3 is 1.71 bits per heavy atom. The van der Waals surface area contributed by atoms with E-state index < -0.39 is 0 Å². The van der Waals surface area contributed by atoms with E-state index in [4.69, 9.17) is 0 Å². The summed E-state index contributed by atoms with van der Waals surface area (Å²) >= 11 is 0. The highest BCUT2D eigenvalue weighted by molar-refractivity contribution is 5.00. The van der Waals surface area contributed by atoms with E-state index in [-0.39, 0.29) is 0 Å². The average molecular weight is 234 g/mol. The highest BCUT2D eigenvalue weighted by Crippen LogP contribution is 2.42. The quantitative estimate of drug-likeness (QED) is 0.635.